The molecule has 0 bridgehead atoms. The quantitative estimate of drug-likeness (QED) is 0.499. The van der Waals surface area contributed by atoms with Crippen molar-refractivity contribution in [1.82, 2.24) is 34.3 Å². The van der Waals surface area contributed by atoms with Crippen molar-refractivity contribution in [2.75, 3.05) is 18.0 Å². The number of anilines is 1. The number of aryl methyl sites for hydroxylation is 2. The Morgan fingerprint density at radius 2 is 2.00 bits per heavy atom. The molecule has 0 N–H and O–H groups in total. The highest BCUT2D eigenvalue weighted by Gasteiger charge is 2.58. The van der Waals surface area contributed by atoms with Crippen LogP contribution in [0.2, 0.25) is 0 Å². The third kappa shape index (κ3) is 2.63. The van der Waals surface area contributed by atoms with Gasteiger partial charge in [0, 0.05) is 25.2 Å². The highest BCUT2D eigenvalue weighted by Crippen LogP contribution is 2.57. The van der Waals surface area contributed by atoms with Crippen molar-refractivity contribution in [1.29, 1.82) is 0 Å². The molecule has 1 aliphatic heterocycles. The van der Waals surface area contributed by atoms with E-state index in [0.717, 1.165) is 24.7 Å². The lowest BCUT2D eigenvalue weighted by molar-refractivity contribution is 0.363. The fourth-order valence-corrected chi connectivity index (χ4v) is 4.59. The molecule has 152 valence electrons. The molecular formula is C20H20N8O2. The number of pyridine rings is 1. The smallest absolute Gasteiger partial charge is 0.280 e. The number of hydrogen-bond donors (Lipinski definition) is 0. The molecule has 1 unspecified atom stereocenters. The lowest BCUT2D eigenvalue weighted by Gasteiger charge is -2.20. The Balaban J connectivity index is 1.17. The van der Waals surface area contributed by atoms with E-state index < -0.39 is 0 Å². The fraction of sp³-hybridized carbons (Fsp3) is 0.400. The van der Waals surface area contributed by atoms with Gasteiger partial charge < -0.3 is 9.42 Å². The molecule has 10 heteroatoms. The van der Waals surface area contributed by atoms with Crippen molar-refractivity contribution < 1.29 is 4.52 Å². The highest BCUT2D eigenvalue weighted by atomic mass is 16.5. The molecule has 5 heterocycles. The summed E-state index contributed by atoms with van der Waals surface area (Å²) in [5.41, 5.74) is 2.14. The van der Waals surface area contributed by atoms with E-state index in [4.69, 9.17) is 4.52 Å². The minimum absolute atomic E-state index is 0.177. The molecule has 0 aromatic carbocycles. The van der Waals surface area contributed by atoms with Crippen molar-refractivity contribution in [3.63, 3.8) is 0 Å². The molecular weight excluding hydrogens is 384 g/mol. The molecule has 10 nitrogen and oxygen atoms in total. The molecule has 4 aromatic heterocycles. The second-order valence-electron chi connectivity index (χ2n) is 8.18. The number of rotatable bonds is 4. The summed E-state index contributed by atoms with van der Waals surface area (Å²) in [6, 6.07) is 4.13. The zero-order chi connectivity index (χ0) is 20.4. The molecule has 1 saturated heterocycles. The van der Waals surface area contributed by atoms with E-state index in [9.17, 15) is 4.79 Å². The lowest BCUT2D eigenvalue weighted by atomic mass is 10.2. The van der Waals surface area contributed by atoms with Crippen LogP contribution in [-0.4, -0.2) is 47.4 Å². The molecule has 0 spiro atoms. The van der Waals surface area contributed by atoms with Crippen LogP contribution < -0.4 is 10.5 Å². The van der Waals surface area contributed by atoms with E-state index in [1.165, 1.54) is 27.3 Å². The normalized spacial score (nSPS) is 22.6. The van der Waals surface area contributed by atoms with Gasteiger partial charge in [-0.25, -0.2) is 14.5 Å². The molecule has 4 aromatic rings. The zero-order valence-corrected chi connectivity index (χ0v) is 16.6. The summed E-state index contributed by atoms with van der Waals surface area (Å²) in [7, 11) is 0. The van der Waals surface area contributed by atoms with Crippen LogP contribution in [0.3, 0.4) is 0 Å². The van der Waals surface area contributed by atoms with Crippen molar-refractivity contribution in [2.24, 2.45) is 11.8 Å². The van der Waals surface area contributed by atoms with Crippen LogP contribution in [0.15, 0.2) is 40.3 Å². The number of piperidine rings is 1. The van der Waals surface area contributed by atoms with Crippen molar-refractivity contribution in [2.45, 2.75) is 26.3 Å². The standard InChI is InChI=1S/C20H20N8O2/c1-11-3-4-21-15(5-11)26-6-13-14(7-26)17(13)19-24-16(30-25-19)8-27-10-23-28-9-22-12(2)18(28)20(27)29/h3-5,9-10,13-14,17H,6-8H2,1-2H3/t13-,14+,17?. The molecule has 1 saturated carbocycles. The van der Waals surface area contributed by atoms with Gasteiger partial charge in [0.05, 0.1) is 5.69 Å². The fourth-order valence-electron chi connectivity index (χ4n) is 4.59. The first-order valence-electron chi connectivity index (χ1n) is 9.98. The topological polar surface area (TPSA) is 107 Å². The third-order valence-electron chi connectivity index (χ3n) is 6.22. The average Bonchev–Trinajstić information content (AvgIpc) is 3.16. The number of fused-ring (bicyclic) bond motifs is 2. The molecule has 2 fully saturated rings. The first-order valence-corrected chi connectivity index (χ1v) is 9.98. The van der Waals surface area contributed by atoms with E-state index in [1.807, 2.05) is 12.3 Å². The van der Waals surface area contributed by atoms with Gasteiger partial charge in [0.2, 0.25) is 5.89 Å². The number of aromatic nitrogens is 7. The van der Waals surface area contributed by atoms with Crippen molar-refractivity contribution in [3.8, 4) is 0 Å². The summed E-state index contributed by atoms with van der Waals surface area (Å²) < 4.78 is 8.40. The van der Waals surface area contributed by atoms with Gasteiger partial charge in [-0.2, -0.15) is 10.1 Å². The van der Waals surface area contributed by atoms with E-state index in [-0.39, 0.29) is 12.1 Å². The van der Waals surface area contributed by atoms with Gasteiger partial charge >= 0.3 is 0 Å². The second kappa shape index (κ2) is 6.22. The van der Waals surface area contributed by atoms with Gasteiger partial charge in [-0.15, -0.1) is 0 Å². The number of hydrogen-bond acceptors (Lipinski definition) is 8. The summed E-state index contributed by atoms with van der Waals surface area (Å²) in [6.45, 7) is 5.97. The van der Waals surface area contributed by atoms with E-state index >= 15 is 0 Å². The van der Waals surface area contributed by atoms with Crippen LogP contribution in [0, 0.1) is 25.7 Å². The minimum Gasteiger partial charge on any atom is -0.356 e. The summed E-state index contributed by atoms with van der Waals surface area (Å²) in [4.78, 5) is 28.2. The monoisotopic (exact) mass is 404 g/mol. The molecule has 0 radical (unpaired) electrons. The Labute approximate surface area is 171 Å². The van der Waals surface area contributed by atoms with E-state index in [1.54, 1.807) is 6.92 Å². The van der Waals surface area contributed by atoms with E-state index in [0.29, 0.717) is 34.9 Å². The Hall–Kier alpha value is -3.56. The Morgan fingerprint density at radius 3 is 2.80 bits per heavy atom. The predicted octanol–water partition coefficient (Wildman–Crippen LogP) is 1.18. The van der Waals surface area contributed by atoms with Crippen LogP contribution in [0.5, 0.6) is 0 Å². The molecule has 30 heavy (non-hydrogen) atoms. The maximum Gasteiger partial charge on any atom is 0.280 e. The third-order valence-corrected chi connectivity index (χ3v) is 6.22. The molecule has 3 atom stereocenters. The Kier molecular flexibility index (Phi) is 3.59. The SMILES string of the molecule is Cc1ccnc(N2C[C@@H]3C(c4noc(Cn5cnn6cnc(C)c6c5=O)n4)[C@@H]3C2)c1. The van der Waals surface area contributed by atoms with Crippen molar-refractivity contribution in [3.05, 3.63) is 64.3 Å². The van der Waals surface area contributed by atoms with Gasteiger partial charge in [-0.05, 0) is 43.4 Å². The summed E-state index contributed by atoms with van der Waals surface area (Å²) in [6.07, 6.45) is 4.86. The van der Waals surface area contributed by atoms with E-state index in [2.05, 4.69) is 43.1 Å². The Bertz CT molecular complexity index is 1310. The molecule has 1 aliphatic carbocycles. The van der Waals surface area contributed by atoms with Crippen molar-refractivity contribution >= 4 is 11.3 Å². The first kappa shape index (κ1) is 17.3. The van der Waals surface area contributed by atoms with Crippen LogP contribution in [0.1, 0.15) is 28.9 Å². The van der Waals surface area contributed by atoms with Gasteiger partial charge in [0.1, 0.15) is 25.0 Å². The summed E-state index contributed by atoms with van der Waals surface area (Å²) in [5.74, 6) is 3.54. The second-order valence-corrected chi connectivity index (χ2v) is 8.18. The van der Waals surface area contributed by atoms with Crippen LogP contribution in [0.4, 0.5) is 5.82 Å². The number of imidazole rings is 1. The minimum atomic E-state index is -0.177. The predicted molar refractivity (Wildman–Crippen MR) is 106 cm³/mol. The first-order chi connectivity index (χ1) is 14.6. The summed E-state index contributed by atoms with van der Waals surface area (Å²) >= 11 is 0. The van der Waals surface area contributed by atoms with Gasteiger partial charge in [-0.1, -0.05) is 5.16 Å². The highest BCUT2D eigenvalue weighted by molar-refractivity contribution is 5.48. The van der Waals surface area contributed by atoms with Gasteiger partial charge in [0.15, 0.2) is 11.3 Å². The lowest BCUT2D eigenvalue weighted by Crippen LogP contribution is -2.25. The van der Waals surface area contributed by atoms with Gasteiger partial charge in [-0.3, -0.25) is 9.36 Å². The average molecular weight is 404 g/mol. The Morgan fingerprint density at radius 1 is 1.17 bits per heavy atom. The largest absolute Gasteiger partial charge is 0.356 e. The van der Waals surface area contributed by atoms with Crippen LogP contribution >= 0.6 is 0 Å². The van der Waals surface area contributed by atoms with Crippen LogP contribution in [-0.2, 0) is 6.54 Å². The molecule has 2 aliphatic rings. The van der Waals surface area contributed by atoms with Crippen LogP contribution in [0.25, 0.3) is 5.52 Å². The number of nitrogens with zero attached hydrogens (tertiary/aromatic N) is 8. The molecule has 6 rings (SSSR count). The maximum absolute atomic E-state index is 12.7. The summed E-state index contributed by atoms with van der Waals surface area (Å²) in [5, 5.41) is 8.41. The van der Waals surface area contributed by atoms with Gasteiger partial charge in [0.25, 0.3) is 5.56 Å². The molecule has 0 amide bonds. The maximum atomic E-state index is 12.7. The zero-order valence-electron chi connectivity index (χ0n) is 16.6.